The van der Waals surface area contributed by atoms with E-state index in [-0.39, 0.29) is 17.2 Å². The van der Waals surface area contributed by atoms with Gasteiger partial charge < -0.3 is 20.8 Å². The first-order chi connectivity index (χ1) is 14.7. The second-order valence-corrected chi connectivity index (χ2v) is 7.60. The molecule has 0 saturated heterocycles. The van der Waals surface area contributed by atoms with Gasteiger partial charge in [-0.25, -0.2) is 0 Å². The van der Waals surface area contributed by atoms with Gasteiger partial charge in [-0.1, -0.05) is 6.08 Å². The molecule has 5 nitrogen and oxygen atoms in total. The number of aromatic nitrogens is 1. The Morgan fingerprint density at radius 1 is 1.23 bits per heavy atom. The molecule has 2 heterocycles. The van der Waals surface area contributed by atoms with Crippen molar-refractivity contribution >= 4 is 28.1 Å². The number of halogens is 3. The van der Waals surface area contributed by atoms with E-state index in [1.165, 1.54) is 6.07 Å². The van der Waals surface area contributed by atoms with Gasteiger partial charge in [0, 0.05) is 17.3 Å². The van der Waals surface area contributed by atoms with Crippen LogP contribution in [0.25, 0.3) is 16.5 Å². The molecule has 3 aromatic rings. The Morgan fingerprint density at radius 3 is 2.74 bits per heavy atom. The average molecular weight is 429 g/mol. The van der Waals surface area contributed by atoms with Crippen molar-refractivity contribution < 1.29 is 22.7 Å². The highest BCUT2D eigenvalue weighted by Gasteiger charge is 2.31. The number of amides is 1. The first kappa shape index (κ1) is 21.0. The summed E-state index contributed by atoms with van der Waals surface area (Å²) in [6.45, 7) is 2.77. The lowest BCUT2D eigenvalue weighted by atomic mass is 9.96. The fourth-order valence-corrected chi connectivity index (χ4v) is 3.77. The Morgan fingerprint density at radius 2 is 2.03 bits per heavy atom. The van der Waals surface area contributed by atoms with Crippen molar-refractivity contribution in [3.05, 3.63) is 70.9 Å². The zero-order chi connectivity index (χ0) is 22.2. The van der Waals surface area contributed by atoms with E-state index >= 15 is 0 Å². The Kier molecular flexibility index (Phi) is 5.49. The summed E-state index contributed by atoms with van der Waals surface area (Å²) in [5.74, 6) is -0.384. The number of nitrogens with one attached hydrogen (secondary N) is 2. The molecule has 4 rings (SSSR count). The monoisotopic (exact) mass is 429 g/mol. The predicted octanol–water partition coefficient (Wildman–Crippen LogP) is 5.06. The van der Waals surface area contributed by atoms with Gasteiger partial charge in [-0.15, -0.1) is 0 Å². The summed E-state index contributed by atoms with van der Waals surface area (Å²) in [4.78, 5) is 16.2. The second-order valence-electron chi connectivity index (χ2n) is 7.60. The number of rotatable bonds is 4. The predicted molar refractivity (Wildman–Crippen MR) is 113 cm³/mol. The van der Waals surface area contributed by atoms with Crippen LogP contribution < -0.4 is 11.1 Å². The topological polar surface area (TPSA) is 80.1 Å². The van der Waals surface area contributed by atoms with Gasteiger partial charge >= 0.3 is 6.18 Å². The molecule has 1 atom stereocenters. The van der Waals surface area contributed by atoms with Crippen LogP contribution >= 0.6 is 0 Å². The van der Waals surface area contributed by atoms with E-state index < -0.39 is 17.8 Å². The van der Waals surface area contributed by atoms with Crippen molar-refractivity contribution in [1.82, 2.24) is 10.3 Å². The number of nitrogen functional groups attached to an aromatic ring is 1. The maximum atomic E-state index is 13.1. The number of anilines is 1. The Labute approximate surface area is 177 Å². The molecule has 31 heavy (non-hydrogen) atoms. The standard InChI is InChI=1S/C23H22F3N3O2/c1-13(16-9-18(23(24,25)26)12-19(27)10-16)29-22(30)20-11-17(14-3-6-31-7-4-14)8-15-2-5-28-21(15)20/h2-3,5,8-13,28H,4,6-7,27H2,1H3,(H,29,30)/t13-/m1/s1. The highest BCUT2D eigenvalue weighted by Crippen LogP contribution is 2.33. The number of ether oxygens (including phenoxy) is 1. The van der Waals surface area contributed by atoms with Crippen LogP contribution in [-0.4, -0.2) is 24.1 Å². The molecule has 0 aliphatic carbocycles. The molecule has 0 fully saturated rings. The Balaban J connectivity index is 1.65. The first-order valence-electron chi connectivity index (χ1n) is 9.89. The summed E-state index contributed by atoms with van der Waals surface area (Å²) in [7, 11) is 0. The summed E-state index contributed by atoms with van der Waals surface area (Å²) in [6, 6.07) is 8.35. The minimum absolute atomic E-state index is 0.00821. The van der Waals surface area contributed by atoms with Gasteiger partial charge in [-0.2, -0.15) is 13.2 Å². The Hall–Kier alpha value is -3.26. The average Bonchev–Trinajstić information content (AvgIpc) is 3.21. The normalized spacial score (nSPS) is 15.5. The van der Waals surface area contributed by atoms with Crippen LogP contribution in [0.5, 0.6) is 0 Å². The van der Waals surface area contributed by atoms with Crippen LogP contribution in [-0.2, 0) is 10.9 Å². The van der Waals surface area contributed by atoms with Gasteiger partial charge in [0.1, 0.15) is 0 Å². The Bertz CT molecular complexity index is 1160. The van der Waals surface area contributed by atoms with Crippen molar-refractivity contribution in [1.29, 1.82) is 0 Å². The van der Waals surface area contributed by atoms with Crippen LogP contribution in [0, 0.1) is 0 Å². The molecule has 8 heteroatoms. The van der Waals surface area contributed by atoms with E-state index in [0.29, 0.717) is 24.3 Å². The maximum absolute atomic E-state index is 13.1. The van der Waals surface area contributed by atoms with Crippen molar-refractivity contribution in [2.24, 2.45) is 0 Å². The molecule has 162 valence electrons. The van der Waals surface area contributed by atoms with E-state index in [1.54, 1.807) is 19.2 Å². The maximum Gasteiger partial charge on any atom is 0.416 e. The number of carbonyl (C=O) groups excluding carboxylic acids is 1. The molecule has 1 amide bonds. The smallest absolute Gasteiger partial charge is 0.399 e. The third kappa shape index (κ3) is 4.44. The molecular weight excluding hydrogens is 407 g/mol. The number of H-pyrrole nitrogens is 1. The fraction of sp³-hybridized carbons (Fsp3) is 0.261. The zero-order valence-corrected chi connectivity index (χ0v) is 16.8. The molecule has 4 N–H and O–H groups in total. The summed E-state index contributed by atoms with van der Waals surface area (Å²) in [6.07, 6.45) is -0.0273. The zero-order valence-electron chi connectivity index (χ0n) is 16.8. The van der Waals surface area contributed by atoms with Gasteiger partial charge in [-0.05, 0) is 66.4 Å². The number of nitrogens with two attached hydrogens (primary N) is 1. The summed E-state index contributed by atoms with van der Waals surface area (Å²) < 4.78 is 44.8. The van der Waals surface area contributed by atoms with E-state index in [4.69, 9.17) is 10.5 Å². The van der Waals surface area contributed by atoms with Gasteiger partial charge in [0.2, 0.25) is 0 Å². The van der Waals surface area contributed by atoms with Crippen LogP contribution in [0.1, 0.15) is 46.4 Å². The largest absolute Gasteiger partial charge is 0.416 e. The number of aromatic amines is 1. The van der Waals surface area contributed by atoms with Gasteiger partial charge in [0.05, 0.1) is 35.9 Å². The summed E-state index contributed by atoms with van der Waals surface area (Å²) >= 11 is 0. The lowest BCUT2D eigenvalue weighted by Gasteiger charge is -2.19. The molecule has 1 aliphatic heterocycles. The summed E-state index contributed by atoms with van der Waals surface area (Å²) in [5.41, 5.74) is 8.22. The molecule has 0 unspecified atom stereocenters. The number of hydrogen-bond acceptors (Lipinski definition) is 3. The van der Waals surface area contributed by atoms with Crippen molar-refractivity contribution in [3.8, 4) is 0 Å². The molecule has 0 saturated carbocycles. The van der Waals surface area contributed by atoms with Crippen molar-refractivity contribution in [2.45, 2.75) is 25.6 Å². The van der Waals surface area contributed by atoms with E-state index in [0.717, 1.165) is 35.1 Å². The third-order valence-corrected chi connectivity index (χ3v) is 5.39. The van der Waals surface area contributed by atoms with Crippen LogP contribution in [0.4, 0.5) is 18.9 Å². The highest BCUT2D eigenvalue weighted by molar-refractivity contribution is 6.07. The molecule has 1 aromatic heterocycles. The number of benzene rings is 2. The van der Waals surface area contributed by atoms with Crippen molar-refractivity contribution in [3.63, 3.8) is 0 Å². The first-order valence-corrected chi connectivity index (χ1v) is 9.89. The van der Waals surface area contributed by atoms with Gasteiger partial charge in [0.25, 0.3) is 5.91 Å². The SMILES string of the molecule is C[C@@H](NC(=O)c1cc(C2=CCOCC2)cc2cc[nH]c12)c1cc(N)cc(C(F)(F)F)c1. The second kappa shape index (κ2) is 8.11. The minimum Gasteiger partial charge on any atom is -0.399 e. The number of alkyl halides is 3. The molecule has 2 aromatic carbocycles. The quantitative estimate of drug-likeness (QED) is 0.507. The molecule has 0 bridgehead atoms. The molecular formula is C23H22F3N3O2. The molecule has 0 spiro atoms. The fourth-order valence-electron chi connectivity index (χ4n) is 3.77. The third-order valence-electron chi connectivity index (χ3n) is 5.39. The number of hydrogen-bond donors (Lipinski definition) is 3. The van der Waals surface area contributed by atoms with Gasteiger partial charge in [0.15, 0.2) is 0 Å². The summed E-state index contributed by atoms with van der Waals surface area (Å²) in [5, 5.41) is 3.69. The van der Waals surface area contributed by atoms with Gasteiger partial charge in [-0.3, -0.25) is 4.79 Å². The molecule has 0 radical (unpaired) electrons. The van der Waals surface area contributed by atoms with E-state index in [1.807, 2.05) is 18.2 Å². The van der Waals surface area contributed by atoms with Crippen LogP contribution in [0.15, 0.2) is 48.7 Å². The van der Waals surface area contributed by atoms with Crippen molar-refractivity contribution in [2.75, 3.05) is 18.9 Å². The highest BCUT2D eigenvalue weighted by atomic mass is 19.4. The number of fused-ring (bicyclic) bond motifs is 1. The van der Waals surface area contributed by atoms with E-state index in [2.05, 4.69) is 10.3 Å². The van der Waals surface area contributed by atoms with E-state index in [9.17, 15) is 18.0 Å². The van der Waals surface area contributed by atoms with Crippen LogP contribution in [0.3, 0.4) is 0 Å². The van der Waals surface area contributed by atoms with Crippen LogP contribution in [0.2, 0.25) is 0 Å². The number of carbonyl (C=O) groups is 1. The lowest BCUT2D eigenvalue weighted by Crippen LogP contribution is -2.27. The lowest BCUT2D eigenvalue weighted by molar-refractivity contribution is -0.137. The molecule has 1 aliphatic rings. The minimum atomic E-state index is -4.52.